The number of para-hydroxylation sites is 1. The van der Waals surface area contributed by atoms with E-state index in [-0.39, 0.29) is 11.3 Å². The van der Waals surface area contributed by atoms with Gasteiger partial charge in [-0.2, -0.15) is 13.2 Å². The number of amides is 1. The fraction of sp³-hybridized carbons (Fsp3) is 0.0870. The summed E-state index contributed by atoms with van der Waals surface area (Å²) in [4.78, 5) is 29.3. The number of nitrogens with zero attached hydrogens (tertiary/aromatic N) is 1. The molecule has 1 amide bonds. The second kappa shape index (κ2) is 8.54. The molecule has 0 saturated carbocycles. The molecular formula is C23H15F3N2O4. The molecule has 4 aromatic rings. The largest absolute Gasteiger partial charge is 0.463 e. The molecule has 0 aliphatic rings. The number of furan rings is 1. The average molecular weight is 440 g/mol. The van der Waals surface area contributed by atoms with E-state index >= 15 is 0 Å². The Balaban J connectivity index is 1.50. The maximum atomic E-state index is 12.8. The van der Waals surface area contributed by atoms with Gasteiger partial charge in [0.2, 0.25) is 0 Å². The lowest BCUT2D eigenvalue weighted by molar-refractivity contribution is -0.137. The Labute approximate surface area is 179 Å². The topological polar surface area (TPSA) is 81.4 Å². The summed E-state index contributed by atoms with van der Waals surface area (Å²) >= 11 is 0. The van der Waals surface area contributed by atoms with E-state index in [9.17, 15) is 22.8 Å². The summed E-state index contributed by atoms with van der Waals surface area (Å²) in [5, 5.41) is 2.81. The van der Waals surface area contributed by atoms with Gasteiger partial charge in [0, 0.05) is 11.1 Å². The number of rotatable bonds is 5. The normalized spacial score (nSPS) is 11.3. The molecule has 0 spiro atoms. The molecule has 32 heavy (non-hydrogen) atoms. The SMILES string of the molecule is O=C(COC(=O)c1cc(-c2ccco2)nc2ccccc12)Nc1cccc(C(F)(F)F)c1. The van der Waals surface area contributed by atoms with Crippen LogP contribution in [0.25, 0.3) is 22.4 Å². The van der Waals surface area contributed by atoms with Crippen LogP contribution in [0.4, 0.5) is 18.9 Å². The Kier molecular flexibility index (Phi) is 5.63. The minimum absolute atomic E-state index is 0.0599. The first-order valence-corrected chi connectivity index (χ1v) is 9.39. The van der Waals surface area contributed by atoms with E-state index in [2.05, 4.69) is 10.3 Å². The zero-order chi connectivity index (χ0) is 22.7. The van der Waals surface area contributed by atoms with Crippen molar-refractivity contribution >= 4 is 28.5 Å². The van der Waals surface area contributed by atoms with E-state index < -0.39 is 30.2 Å². The number of carbonyl (C=O) groups excluding carboxylic acids is 2. The van der Waals surface area contributed by atoms with Crippen LogP contribution in [0.2, 0.25) is 0 Å². The van der Waals surface area contributed by atoms with Gasteiger partial charge in [-0.05, 0) is 42.5 Å². The van der Waals surface area contributed by atoms with Crippen LogP contribution in [0.5, 0.6) is 0 Å². The Bertz CT molecular complexity index is 1280. The summed E-state index contributed by atoms with van der Waals surface area (Å²) in [7, 11) is 0. The predicted octanol–water partition coefficient (Wildman–Crippen LogP) is 5.31. The van der Waals surface area contributed by atoms with E-state index in [1.54, 1.807) is 36.4 Å². The molecule has 0 bridgehead atoms. The van der Waals surface area contributed by atoms with Crippen LogP contribution in [0, 0.1) is 0 Å². The van der Waals surface area contributed by atoms with Gasteiger partial charge in [0.15, 0.2) is 12.4 Å². The molecular weight excluding hydrogens is 425 g/mol. The maximum absolute atomic E-state index is 12.8. The molecule has 0 unspecified atom stereocenters. The minimum atomic E-state index is -4.54. The van der Waals surface area contributed by atoms with Crippen molar-refractivity contribution in [3.8, 4) is 11.5 Å². The van der Waals surface area contributed by atoms with Gasteiger partial charge in [0.05, 0.1) is 22.9 Å². The molecule has 0 fully saturated rings. The number of esters is 1. The summed E-state index contributed by atoms with van der Waals surface area (Å²) in [5.74, 6) is -1.11. The van der Waals surface area contributed by atoms with E-state index in [1.807, 2.05) is 0 Å². The number of hydrogen-bond donors (Lipinski definition) is 1. The van der Waals surface area contributed by atoms with Gasteiger partial charge in [-0.3, -0.25) is 4.79 Å². The van der Waals surface area contributed by atoms with Crippen molar-refractivity contribution in [1.29, 1.82) is 0 Å². The second-order valence-corrected chi connectivity index (χ2v) is 6.75. The van der Waals surface area contributed by atoms with Crippen LogP contribution in [0.15, 0.2) is 77.4 Å². The molecule has 0 aliphatic heterocycles. The highest BCUT2D eigenvalue weighted by atomic mass is 19.4. The van der Waals surface area contributed by atoms with Gasteiger partial charge in [-0.1, -0.05) is 24.3 Å². The highest BCUT2D eigenvalue weighted by molar-refractivity contribution is 6.05. The van der Waals surface area contributed by atoms with Gasteiger partial charge in [-0.15, -0.1) is 0 Å². The molecule has 4 rings (SSSR count). The van der Waals surface area contributed by atoms with Gasteiger partial charge in [0.1, 0.15) is 5.69 Å². The monoisotopic (exact) mass is 440 g/mol. The molecule has 0 aliphatic carbocycles. The lowest BCUT2D eigenvalue weighted by atomic mass is 10.1. The van der Waals surface area contributed by atoms with Crippen molar-refractivity contribution in [2.24, 2.45) is 0 Å². The molecule has 2 aromatic carbocycles. The number of benzene rings is 2. The summed E-state index contributed by atoms with van der Waals surface area (Å²) < 4.78 is 48.9. The second-order valence-electron chi connectivity index (χ2n) is 6.75. The third-order valence-corrected chi connectivity index (χ3v) is 4.52. The molecule has 6 nitrogen and oxygen atoms in total. The number of halogens is 3. The van der Waals surface area contributed by atoms with Gasteiger partial charge >= 0.3 is 12.1 Å². The molecule has 9 heteroatoms. The molecule has 2 aromatic heterocycles. The maximum Gasteiger partial charge on any atom is 0.416 e. The number of alkyl halides is 3. The Morgan fingerprint density at radius 2 is 1.81 bits per heavy atom. The number of hydrogen-bond acceptors (Lipinski definition) is 5. The van der Waals surface area contributed by atoms with Crippen LogP contribution in [0.1, 0.15) is 15.9 Å². The minimum Gasteiger partial charge on any atom is -0.463 e. The van der Waals surface area contributed by atoms with Gasteiger partial charge < -0.3 is 14.5 Å². The number of aromatic nitrogens is 1. The van der Waals surface area contributed by atoms with Gasteiger partial charge in [-0.25, -0.2) is 9.78 Å². The fourth-order valence-corrected chi connectivity index (χ4v) is 3.07. The molecule has 1 N–H and O–H groups in total. The Morgan fingerprint density at radius 3 is 2.56 bits per heavy atom. The lowest BCUT2D eigenvalue weighted by Crippen LogP contribution is -2.21. The van der Waals surface area contributed by atoms with Crippen LogP contribution in [0.3, 0.4) is 0 Å². The summed E-state index contributed by atoms with van der Waals surface area (Å²) in [6, 6.07) is 15.9. The van der Waals surface area contributed by atoms with Crippen molar-refractivity contribution < 1.29 is 31.9 Å². The van der Waals surface area contributed by atoms with Crippen LogP contribution >= 0.6 is 0 Å². The summed E-state index contributed by atoms with van der Waals surface area (Å²) in [5.41, 5.74) is 0.154. The van der Waals surface area contributed by atoms with Crippen molar-refractivity contribution in [1.82, 2.24) is 4.98 Å². The standard InChI is InChI=1S/C23H15F3N2O4/c24-23(25,26)14-5-3-6-15(11-14)27-21(29)13-32-22(30)17-12-19(20-9-4-10-31-20)28-18-8-2-1-7-16(17)18/h1-12H,13H2,(H,27,29). The first kappa shape index (κ1) is 21.1. The fourth-order valence-electron chi connectivity index (χ4n) is 3.07. The van der Waals surface area contributed by atoms with E-state index in [0.717, 1.165) is 12.1 Å². The number of ether oxygens (including phenoxy) is 1. The highest BCUT2D eigenvalue weighted by Crippen LogP contribution is 2.30. The third-order valence-electron chi connectivity index (χ3n) is 4.52. The van der Waals surface area contributed by atoms with Crippen molar-refractivity contribution in [3.63, 3.8) is 0 Å². The molecule has 2 heterocycles. The Morgan fingerprint density at radius 1 is 1.00 bits per heavy atom. The summed E-state index contributed by atoms with van der Waals surface area (Å²) in [6.07, 6.45) is -3.07. The zero-order valence-electron chi connectivity index (χ0n) is 16.3. The van der Waals surface area contributed by atoms with Crippen LogP contribution in [-0.4, -0.2) is 23.5 Å². The third kappa shape index (κ3) is 4.61. The molecule has 162 valence electrons. The summed E-state index contributed by atoms with van der Waals surface area (Å²) in [6.45, 7) is -0.679. The average Bonchev–Trinajstić information content (AvgIpc) is 3.31. The van der Waals surface area contributed by atoms with Crippen molar-refractivity contribution in [2.75, 3.05) is 11.9 Å². The predicted molar refractivity (Wildman–Crippen MR) is 110 cm³/mol. The Hall–Kier alpha value is -4.14. The molecule has 0 radical (unpaired) electrons. The number of fused-ring (bicyclic) bond motifs is 1. The van der Waals surface area contributed by atoms with Crippen molar-refractivity contribution in [2.45, 2.75) is 6.18 Å². The lowest BCUT2D eigenvalue weighted by Gasteiger charge is -2.11. The number of pyridine rings is 1. The van der Waals surface area contributed by atoms with E-state index in [0.29, 0.717) is 22.4 Å². The number of anilines is 1. The smallest absolute Gasteiger partial charge is 0.416 e. The van der Waals surface area contributed by atoms with Crippen LogP contribution < -0.4 is 5.32 Å². The van der Waals surface area contributed by atoms with E-state index in [4.69, 9.17) is 9.15 Å². The van der Waals surface area contributed by atoms with E-state index in [1.165, 1.54) is 24.5 Å². The van der Waals surface area contributed by atoms with Crippen molar-refractivity contribution in [3.05, 3.63) is 84.1 Å². The highest BCUT2D eigenvalue weighted by Gasteiger charge is 2.30. The van der Waals surface area contributed by atoms with Gasteiger partial charge in [0.25, 0.3) is 5.91 Å². The zero-order valence-corrected chi connectivity index (χ0v) is 16.3. The number of carbonyl (C=O) groups is 2. The number of nitrogens with one attached hydrogen (secondary N) is 1. The first-order chi connectivity index (χ1) is 15.3. The quantitative estimate of drug-likeness (QED) is 0.426. The molecule has 0 atom stereocenters. The van der Waals surface area contributed by atoms with Crippen LogP contribution in [-0.2, 0) is 15.7 Å². The molecule has 0 saturated heterocycles. The first-order valence-electron chi connectivity index (χ1n) is 9.39.